The number of carbonyl (C=O) groups excluding carboxylic acids is 1. The zero-order valence-corrected chi connectivity index (χ0v) is 13.7. The van der Waals surface area contributed by atoms with Gasteiger partial charge >= 0.3 is 5.97 Å². The van der Waals surface area contributed by atoms with Gasteiger partial charge < -0.3 is 18.9 Å². The molecule has 1 heterocycles. The Morgan fingerprint density at radius 3 is 2.56 bits per heavy atom. The Bertz CT molecular complexity index is 714. The molecule has 0 amide bonds. The highest BCUT2D eigenvalue weighted by Gasteiger charge is 2.14. The van der Waals surface area contributed by atoms with Crippen LogP contribution in [0.3, 0.4) is 0 Å². The maximum absolute atomic E-state index is 12.8. The molecule has 3 rings (SSSR count). The normalized spacial score (nSPS) is 13.0. The number of halogens is 1. The van der Waals surface area contributed by atoms with Gasteiger partial charge in [0.15, 0.2) is 11.5 Å². The van der Waals surface area contributed by atoms with Crippen molar-refractivity contribution in [2.45, 2.75) is 12.8 Å². The number of benzene rings is 2. The van der Waals surface area contributed by atoms with Crippen LogP contribution in [-0.4, -0.2) is 32.4 Å². The van der Waals surface area contributed by atoms with Crippen molar-refractivity contribution < 1.29 is 28.1 Å². The molecule has 0 bridgehead atoms. The van der Waals surface area contributed by atoms with E-state index < -0.39 is 5.97 Å². The molecule has 0 radical (unpaired) electrons. The molecule has 1 aliphatic rings. The average Bonchev–Trinajstić information content (AvgIpc) is 2.87. The summed E-state index contributed by atoms with van der Waals surface area (Å²) in [6.45, 7) is 1.77. The first-order valence-corrected chi connectivity index (χ1v) is 8.17. The maximum atomic E-state index is 12.8. The SMILES string of the molecule is O=C(OCCCOc1ccc(F)cc1)c1ccc2c(c1)OCCCO2. The lowest BCUT2D eigenvalue weighted by atomic mass is 10.2. The Labute approximate surface area is 145 Å². The van der Waals surface area contributed by atoms with Gasteiger partial charge in [0.2, 0.25) is 0 Å². The number of ether oxygens (including phenoxy) is 4. The van der Waals surface area contributed by atoms with E-state index in [1.54, 1.807) is 30.3 Å². The van der Waals surface area contributed by atoms with Gasteiger partial charge in [0.05, 0.1) is 32.0 Å². The minimum absolute atomic E-state index is 0.231. The summed E-state index contributed by atoms with van der Waals surface area (Å²) in [5.41, 5.74) is 0.420. The zero-order valence-electron chi connectivity index (χ0n) is 13.7. The van der Waals surface area contributed by atoms with Crippen LogP contribution in [0.5, 0.6) is 17.2 Å². The van der Waals surface area contributed by atoms with Gasteiger partial charge in [-0.25, -0.2) is 9.18 Å². The molecule has 0 spiro atoms. The number of esters is 1. The van der Waals surface area contributed by atoms with Crippen LogP contribution in [0.4, 0.5) is 4.39 Å². The summed E-state index contributed by atoms with van der Waals surface area (Å²) in [5.74, 6) is 1.05. The van der Waals surface area contributed by atoms with Crippen LogP contribution in [0, 0.1) is 5.82 Å². The fraction of sp³-hybridized carbons (Fsp3) is 0.316. The highest BCUT2D eigenvalue weighted by atomic mass is 19.1. The number of hydrogen-bond donors (Lipinski definition) is 0. The molecule has 0 unspecified atom stereocenters. The molecular formula is C19H19FO5. The van der Waals surface area contributed by atoms with Crippen LogP contribution < -0.4 is 14.2 Å². The average molecular weight is 346 g/mol. The molecule has 0 atom stereocenters. The molecule has 0 N–H and O–H groups in total. The van der Waals surface area contributed by atoms with Crippen LogP contribution >= 0.6 is 0 Å². The zero-order chi connectivity index (χ0) is 17.5. The van der Waals surface area contributed by atoms with Crippen LogP contribution in [-0.2, 0) is 4.74 Å². The first-order chi connectivity index (χ1) is 12.2. The lowest BCUT2D eigenvalue weighted by molar-refractivity contribution is 0.0485. The van der Waals surface area contributed by atoms with Crippen molar-refractivity contribution in [2.24, 2.45) is 0 Å². The van der Waals surface area contributed by atoms with Crippen molar-refractivity contribution in [1.82, 2.24) is 0 Å². The third-order valence-corrected chi connectivity index (χ3v) is 3.59. The number of rotatable bonds is 6. The third-order valence-electron chi connectivity index (χ3n) is 3.59. The summed E-state index contributed by atoms with van der Waals surface area (Å²) in [5, 5.41) is 0. The summed E-state index contributed by atoms with van der Waals surface area (Å²) in [7, 11) is 0. The second kappa shape index (κ2) is 8.37. The monoisotopic (exact) mass is 346 g/mol. The van der Waals surface area contributed by atoms with Crippen LogP contribution in [0.15, 0.2) is 42.5 Å². The first kappa shape index (κ1) is 17.1. The van der Waals surface area contributed by atoms with Crippen molar-refractivity contribution >= 4 is 5.97 Å². The molecule has 2 aromatic rings. The molecule has 0 saturated carbocycles. The van der Waals surface area contributed by atoms with Gasteiger partial charge in [-0.1, -0.05) is 0 Å². The Balaban J connectivity index is 1.43. The molecule has 132 valence electrons. The highest BCUT2D eigenvalue weighted by Crippen LogP contribution is 2.30. The van der Waals surface area contributed by atoms with Crippen molar-refractivity contribution in [1.29, 1.82) is 0 Å². The van der Waals surface area contributed by atoms with Crippen LogP contribution in [0.2, 0.25) is 0 Å². The van der Waals surface area contributed by atoms with Crippen molar-refractivity contribution in [3.05, 3.63) is 53.8 Å². The summed E-state index contributed by atoms with van der Waals surface area (Å²) >= 11 is 0. The standard InChI is InChI=1S/C19H19FO5/c20-15-4-6-16(7-5-15)22-9-1-12-25-19(21)14-3-8-17-18(13-14)24-11-2-10-23-17/h3-8,13H,1-2,9-12H2. The second-order valence-corrected chi connectivity index (χ2v) is 5.50. The van der Waals surface area contributed by atoms with Crippen LogP contribution in [0.25, 0.3) is 0 Å². The Kier molecular flexibility index (Phi) is 5.72. The van der Waals surface area contributed by atoms with Gasteiger partial charge in [0, 0.05) is 12.8 Å². The first-order valence-electron chi connectivity index (χ1n) is 8.17. The highest BCUT2D eigenvalue weighted by molar-refractivity contribution is 5.90. The largest absolute Gasteiger partial charge is 0.493 e. The minimum atomic E-state index is -0.419. The van der Waals surface area contributed by atoms with Gasteiger partial charge in [0.25, 0.3) is 0 Å². The Morgan fingerprint density at radius 1 is 1.00 bits per heavy atom. The predicted octanol–water partition coefficient (Wildman–Crippen LogP) is 3.61. The summed E-state index contributed by atoms with van der Waals surface area (Å²) in [6, 6.07) is 10.8. The molecule has 0 saturated heterocycles. The number of carbonyl (C=O) groups is 1. The summed E-state index contributed by atoms with van der Waals surface area (Å²) in [6.07, 6.45) is 1.34. The van der Waals surface area contributed by atoms with Crippen molar-refractivity contribution in [3.8, 4) is 17.2 Å². The number of fused-ring (bicyclic) bond motifs is 1. The second-order valence-electron chi connectivity index (χ2n) is 5.50. The quantitative estimate of drug-likeness (QED) is 0.591. The molecule has 2 aromatic carbocycles. The maximum Gasteiger partial charge on any atom is 0.338 e. The van der Waals surface area contributed by atoms with Crippen LogP contribution in [0.1, 0.15) is 23.2 Å². The van der Waals surface area contributed by atoms with Gasteiger partial charge in [-0.2, -0.15) is 0 Å². The van der Waals surface area contributed by atoms with E-state index in [4.69, 9.17) is 18.9 Å². The van der Waals surface area contributed by atoms with E-state index in [1.165, 1.54) is 12.1 Å². The Hall–Kier alpha value is -2.76. The smallest absolute Gasteiger partial charge is 0.338 e. The fourth-order valence-electron chi connectivity index (χ4n) is 2.32. The molecule has 6 heteroatoms. The predicted molar refractivity (Wildman–Crippen MR) is 88.8 cm³/mol. The van der Waals surface area contributed by atoms with E-state index >= 15 is 0 Å². The van der Waals surface area contributed by atoms with E-state index in [9.17, 15) is 9.18 Å². The summed E-state index contributed by atoms with van der Waals surface area (Å²) in [4.78, 5) is 12.1. The van der Waals surface area contributed by atoms with Crippen molar-refractivity contribution in [3.63, 3.8) is 0 Å². The van der Waals surface area contributed by atoms with Crippen molar-refractivity contribution in [2.75, 3.05) is 26.4 Å². The van der Waals surface area contributed by atoms with Gasteiger partial charge in [0.1, 0.15) is 11.6 Å². The molecule has 1 aliphatic heterocycles. The van der Waals surface area contributed by atoms with Gasteiger partial charge in [-0.3, -0.25) is 0 Å². The molecule has 0 aromatic heterocycles. The molecule has 5 nitrogen and oxygen atoms in total. The molecule has 0 fully saturated rings. The third kappa shape index (κ3) is 4.86. The van der Waals surface area contributed by atoms with E-state index in [1.807, 2.05) is 0 Å². The van der Waals surface area contributed by atoms with Gasteiger partial charge in [-0.15, -0.1) is 0 Å². The number of hydrogen-bond acceptors (Lipinski definition) is 5. The fourth-order valence-corrected chi connectivity index (χ4v) is 2.32. The van der Waals surface area contributed by atoms with Gasteiger partial charge in [-0.05, 0) is 42.5 Å². The summed E-state index contributed by atoms with van der Waals surface area (Å²) < 4.78 is 34.5. The lowest BCUT2D eigenvalue weighted by Crippen LogP contribution is -2.09. The topological polar surface area (TPSA) is 54.0 Å². The van der Waals surface area contributed by atoms with E-state index in [0.717, 1.165) is 6.42 Å². The molecule has 25 heavy (non-hydrogen) atoms. The molecule has 0 aliphatic carbocycles. The molecular weight excluding hydrogens is 327 g/mol. The van der Waals surface area contributed by atoms with E-state index in [0.29, 0.717) is 49.1 Å². The van der Waals surface area contributed by atoms with E-state index in [2.05, 4.69) is 0 Å². The van der Waals surface area contributed by atoms with E-state index in [-0.39, 0.29) is 12.4 Å². The Morgan fingerprint density at radius 2 is 1.76 bits per heavy atom. The lowest BCUT2D eigenvalue weighted by Gasteiger charge is -2.10. The minimum Gasteiger partial charge on any atom is -0.493 e.